The Morgan fingerprint density at radius 2 is 2.07 bits per heavy atom. The summed E-state index contributed by atoms with van der Waals surface area (Å²) < 4.78 is 0. The molecule has 1 saturated heterocycles. The van der Waals surface area contributed by atoms with Crippen LogP contribution >= 0.6 is 0 Å². The summed E-state index contributed by atoms with van der Waals surface area (Å²) in [6, 6.07) is 0.294. The molecule has 1 unspecified atom stereocenters. The van der Waals surface area contributed by atoms with Crippen molar-refractivity contribution >= 4 is 0 Å². The lowest BCUT2D eigenvalue weighted by atomic mass is 9.81. The summed E-state index contributed by atoms with van der Waals surface area (Å²) >= 11 is 0. The molecule has 1 aliphatic rings. The van der Waals surface area contributed by atoms with Crippen molar-refractivity contribution in [2.75, 3.05) is 6.54 Å². The first-order chi connectivity index (χ1) is 6.43. The molecule has 0 aromatic rings. The van der Waals surface area contributed by atoms with Crippen molar-refractivity contribution in [2.45, 2.75) is 65.0 Å². The van der Waals surface area contributed by atoms with E-state index in [4.69, 9.17) is 0 Å². The smallest absolute Gasteiger partial charge is 0.0797 e. The first kappa shape index (κ1) is 12.0. The number of hydrogen-bond donors (Lipinski definition) is 2. The number of aliphatic hydroxyl groups is 1. The average Bonchev–Trinajstić information content (AvgIpc) is 2.47. The zero-order chi connectivity index (χ0) is 10.8. The van der Waals surface area contributed by atoms with Gasteiger partial charge in [0.25, 0.3) is 0 Å². The van der Waals surface area contributed by atoms with Gasteiger partial charge in [-0.1, -0.05) is 34.1 Å². The second-order valence-electron chi connectivity index (χ2n) is 5.51. The van der Waals surface area contributed by atoms with Gasteiger partial charge in [-0.15, -0.1) is 0 Å². The molecule has 2 atom stereocenters. The monoisotopic (exact) mass is 199 g/mol. The van der Waals surface area contributed by atoms with Gasteiger partial charge in [-0.2, -0.15) is 0 Å². The largest absolute Gasteiger partial charge is 0.388 e. The third kappa shape index (κ3) is 2.48. The minimum Gasteiger partial charge on any atom is -0.388 e. The molecule has 0 aromatic heterocycles. The molecule has 0 radical (unpaired) electrons. The van der Waals surface area contributed by atoms with Gasteiger partial charge in [0.1, 0.15) is 0 Å². The van der Waals surface area contributed by atoms with E-state index in [1.165, 1.54) is 0 Å². The third-order valence-electron chi connectivity index (χ3n) is 3.53. The number of rotatable bonds is 4. The normalized spacial score (nSPS) is 30.2. The van der Waals surface area contributed by atoms with Crippen LogP contribution in [0.25, 0.3) is 0 Å². The summed E-state index contributed by atoms with van der Waals surface area (Å²) in [6.45, 7) is 9.79. The first-order valence-corrected chi connectivity index (χ1v) is 5.89. The second-order valence-corrected chi connectivity index (χ2v) is 5.51. The first-order valence-electron chi connectivity index (χ1n) is 5.89. The summed E-state index contributed by atoms with van der Waals surface area (Å²) in [4.78, 5) is 0. The Balaban J connectivity index is 2.63. The Kier molecular flexibility index (Phi) is 3.59. The maximum atomic E-state index is 10.5. The van der Waals surface area contributed by atoms with Crippen LogP contribution in [0.1, 0.15) is 53.4 Å². The van der Waals surface area contributed by atoms with E-state index in [2.05, 4.69) is 33.0 Å². The standard InChI is InChI=1S/C12H25NO/c1-5-7-12(14,6-2)10-8-11(3,4)9-13-10/h10,13-14H,5-9H2,1-4H3/t10-,12?/m0/s1. The summed E-state index contributed by atoms with van der Waals surface area (Å²) in [5, 5.41) is 14.0. The van der Waals surface area contributed by atoms with Crippen LogP contribution in [-0.2, 0) is 0 Å². The van der Waals surface area contributed by atoms with Crippen LogP contribution in [0.5, 0.6) is 0 Å². The van der Waals surface area contributed by atoms with E-state index in [1.807, 2.05) is 0 Å². The molecule has 1 fully saturated rings. The minimum atomic E-state index is -0.484. The van der Waals surface area contributed by atoms with Crippen LogP contribution in [0.15, 0.2) is 0 Å². The fraction of sp³-hybridized carbons (Fsp3) is 1.00. The lowest BCUT2D eigenvalue weighted by molar-refractivity contribution is -0.00723. The summed E-state index contributed by atoms with van der Waals surface area (Å²) in [5.41, 5.74) is -0.135. The Bertz CT molecular complexity index is 191. The Morgan fingerprint density at radius 3 is 2.43 bits per heavy atom. The van der Waals surface area contributed by atoms with Gasteiger partial charge in [-0.05, 0) is 24.7 Å². The minimum absolute atomic E-state index is 0.294. The van der Waals surface area contributed by atoms with Crippen molar-refractivity contribution in [3.8, 4) is 0 Å². The molecule has 14 heavy (non-hydrogen) atoms. The lowest BCUT2D eigenvalue weighted by Crippen LogP contribution is -2.47. The predicted molar refractivity (Wildman–Crippen MR) is 60.3 cm³/mol. The molecular formula is C12H25NO. The van der Waals surface area contributed by atoms with E-state index in [1.54, 1.807) is 0 Å². The zero-order valence-electron chi connectivity index (χ0n) is 10.1. The third-order valence-corrected chi connectivity index (χ3v) is 3.53. The Morgan fingerprint density at radius 1 is 1.43 bits per heavy atom. The van der Waals surface area contributed by atoms with Crippen LogP contribution in [0, 0.1) is 5.41 Å². The van der Waals surface area contributed by atoms with Gasteiger partial charge in [0.2, 0.25) is 0 Å². The number of nitrogens with one attached hydrogen (secondary N) is 1. The molecule has 1 heterocycles. The highest BCUT2D eigenvalue weighted by molar-refractivity contribution is 4.99. The Labute approximate surface area is 88.1 Å². The molecule has 2 heteroatoms. The molecule has 0 aromatic carbocycles. The summed E-state index contributed by atoms with van der Waals surface area (Å²) in [5.74, 6) is 0. The lowest BCUT2D eigenvalue weighted by Gasteiger charge is -2.33. The SMILES string of the molecule is CCCC(O)(CC)[C@@H]1CC(C)(C)CN1. The fourth-order valence-electron chi connectivity index (χ4n) is 2.51. The zero-order valence-corrected chi connectivity index (χ0v) is 10.1. The topological polar surface area (TPSA) is 32.3 Å². The van der Waals surface area contributed by atoms with E-state index in [0.717, 1.165) is 32.2 Å². The fourth-order valence-corrected chi connectivity index (χ4v) is 2.51. The van der Waals surface area contributed by atoms with Gasteiger partial charge in [-0.25, -0.2) is 0 Å². The van der Waals surface area contributed by atoms with Crippen LogP contribution < -0.4 is 5.32 Å². The van der Waals surface area contributed by atoms with Gasteiger partial charge in [0.05, 0.1) is 5.60 Å². The van der Waals surface area contributed by atoms with Gasteiger partial charge < -0.3 is 10.4 Å². The quantitative estimate of drug-likeness (QED) is 0.728. The maximum absolute atomic E-state index is 10.5. The van der Waals surface area contributed by atoms with Crippen molar-refractivity contribution in [1.29, 1.82) is 0 Å². The molecular weight excluding hydrogens is 174 g/mol. The van der Waals surface area contributed by atoms with Crippen molar-refractivity contribution in [1.82, 2.24) is 5.32 Å². The van der Waals surface area contributed by atoms with E-state index in [0.29, 0.717) is 11.5 Å². The van der Waals surface area contributed by atoms with Gasteiger partial charge in [0, 0.05) is 12.6 Å². The highest BCUT2D eigenvalue weighted by Gasteiger charge is 2.41. The second kappa shape index (κ2) is 4.19. The molecule has 0 spiro atoms. The van der Waals surface area contributed by atoms with E-state index in [-0.39, 0.29) is 0 Å². The molecule has 2 nitrogen and oxygen atoms in total. The van der Waals surface area contributed by atoms with Crippen molar-refractivity contribution in [2.24, 2.45) is 5.41 Å². The van der Waals surface area contributed by atoms with Crippen LogP contribution in [0.3, 0.4) is 0 Å². The van der Waals surface area contributed by atoms with Crippen molar-refractivity contribution in [3.63, 3.8) is 0 Å². The van der Waals surface area contributed by atoms with E-state index >= 15 is 0 Å². The Hall–Kier alpha value is -0.0800. The van der Waals surface area contributed by atoms with Gasteiger partial charge in [0.15, 0.2) is 0 Å². The molecule has 0 amide bonds. The molecule has 0 aliphatic carbocycles. The summed E-state index contributed by atoms with van der Waals surface area (Å²) in [6.07, 6.45) is 3.92. The molecule has 0 bridgehead atoms. The maximum Gasteiger partial charge on any atom is 0.0797 e. The van der Waals surface area contributed by atoms with Gasteiger partial charge in [-0.3, -0.25) is 0 Å². The van der Waals surface area contributed by atoms with Crippen molar-refractivity contribution in [3.05, 3.63) is 0 Å². The molecule has 1 rings (SSSR count). The highest BCUT2D eigenvalue weighted by atomic mass is 16.3. The van der Waals surface area contributed by atoms with Crippen LogP contribution in [0.4, 0.5) is 0 Å². The highest BCUT2D eigenvalue weighted by Crippen LogP contribution is 2.35. The van der Waals surface area contributed by atoms with E-state index in [9.17, 15) is 5.11 Å². The molecule has 0 saturated carbocycles. The van der Waals surface area contributed by atoms with E-state index < -0.39 is 5.60 Å². The number of hydrogen-bond acceptors (Lipinski definition) is 2. The van der Waals surface area contributed by atoms with Crippen molar-refractivity contribution < 1.29 is 5.11 Å². The molecule has 84 valence electrons. The van der Waals surface area contributed by atoms with Crippen LogP contribution in [-0.4, -0.2) is 23.3 Å². The van der Waals surface area contributed by atoms with Crippen LogP contribution in [0.2, 0.25) is 0 Å². The predicted octanol–water partition coefficient (Wildman–Crippen LogP) is 2.32. The average molecular weight is 199 g/mol. The molecule has 1 aliphatic heterocycles. The van der Waals surface area contributed by atoms with Gasteiger partial charge >= 0.3 is 0 Å². The summed E-state index contributed by atoms with van der Waals surface area (Å²) in [7, 11) is 0. The molecule has 2 N–H and O–H groups in total.